The summed E-state index contributed by atoms with van der Waals surface area (Å²) < 4.78 is 12.8. The minimum Gasteiger partial charge on any atom is -0.489 e. The number of carbonyl (C=O) groups is 3. The Kier molecular flexibility index (Phi) is 14.2. The van der Waals surface area contributed by atoms with E-state index in [4.69, 9.17) is 15.2 Å². The smallest absolute Gasteiger partial charge is 0.329 e. The van der Waals surface area contributed by atoms with Gasteiger partial charge in [-0.05, 0) is 47.2 Å². The molecule has 16 nitrogen and oxygen atoms in total. The molecule has 4 N–H and O–H groups in total. The van der Waals surface area contributed by atoms with E-state index in [0.29, 0.717) is 18.1 Å². The molecule has 3 atom stereocenters. The van der Waals surface area contributed by atoms with E-state index in [9.17, 15) is 34.6 Å². The van der Waals surface area contributed by atoms with E-state index in [1.807, 2.05) is 74.5 Å². The van der Waals surface area contributed by atoms with Crippen LogP contribution in [0.15, 0.2) is 116 Å². The van der Waals surface area contributed by atoms with Crippen LogP contribution in [0.1, 0.15) is 42.7 Å². The van der Waals surface area contributed by atoms with E-state index in [1.54, 1.807) is 24.3 Å². The lowest BCUT2D eigenvalue weighted by Crippen LogP contribution is -2.55. The summed E-state index contributed by atoms with van der Waals surface area (Å²) in [6.45, 7) is 4.13. The first-order chi connectivity index (χ1) is 27.4. The molecule has 0 saturated carbocycles. The van der Waals surface area contributed by atoms with Gasteiger partial charge < -0.3 is 25.8 Å². The molecular formula is C41H43N7O9. The summed E-state index contributed by atoms with van der Waals surface area (Å²) in [6, 6.07) is 25.9. The lowest BCUT2D eigenvalue weighted by Gasteiger charge is -2.25. The number of nitrogens with zero attached hydrogens (tertiary/aromatic N) is 4. The number of nitrogens with two attached hydrogens (primary N) is 1. The van der Waals surface area contributed by atoms with E-state index in [1.165, 1.54) is 23.2 Å². The van der Waals surface area contributed by atoms with Crippen LogP contribution in [-0.4, -0.2) is 55.3 Å². The second-order valence-electron chi connectivity index (χ2n) is 13.7. The van der Waals surface area contributed by atoms with E-state index in [0.717, 1.165) is 28.8 Å². The van der Waals surface area contributed by atoms with Crippen LogP contribution in [0, 0.1) is 26.1 Å². The molecule has 0 bridgehead atoms. The molecule has 0 aliphatic rings. The predicted octanol–water partition coefficient (Wildman–Crippen LogP) is 5.14. The fraction of sp³-hybridized carbons (Fsp3) is 0.268. The van der Waals surface area contributed by atoms with Gasteiger partial charge >= 0.3 is 5.97 Å². The van der Waals surface area contributed by atoms with Crippen molar-refractivity contribution in [1.29, 1.82) is 0 Å². The average Bonchev–Trinajstić information content (AvgIpc) is 3.67. The van der Waals surface area contributed by atoms with Crippen molar-refractivity contribution < 1.29 is 33.7 Å². The topological polar surface area (TPSA) is 224 Å². The zero-order valence-corrected chi connectivity index (χ0v) is 31.4. The van der Waals surface area contributed by atoms with Gasteiger partial charge in [-0.1, -0.05) is 86.6 Å². The van der Waals surface area contributed by atoms with Crippen LogP contribution < -0.4 is 21.1 Å². The van der Waals surface area contributed by atoms with Crippen molar-refractivity contribution >= 4 is 29.2 Å². The number of rotatable bonds is 19. The van der Waals surface area contributed by atoms with Gasteiger partial charge in [-0.2, -0.15) is 0 Å². The molecule has 5 aromatic rings. The lowest BCUT2D eigenvalue weighted by molar-refractivity contribution is -0.394. The third-order valence-electron chi connectivity index (χ3n) is 8.82. The van der Waals surface area contributed by atoms with Crippen LogP contribution >= 0.6 is 0 Å². The SMILES string of the molecule is CC(C)C[C@H](NC(=O)[C@@H](N)Cc1cn(-c2ccc([N+](=O)[O-])cc2[N+](=O)[O-])cn1)C(=O)N[C@@H](Cc1ccc(OCc2ccccc2)cc1)C(=O)OCc1ccccc1. The highest BCUT2D eigenvalue weighted by atomic mass is 16.6. The van der Waals surface area contributed by atoms with Crippen molar-refractivity contribution in [3.05, 3.63) is 158 Å². The van der Waals surface area contributed by atoms with Gasteiger partial charge in [0.1, 0.15) is 36.7 Å². The summed E-state index contributed by atoms with van der Waals surface area (Å²) in [5.41, 5.74) is 8.14. The van der Waals surface area contributed by atoms with Crippen molar-refractivity contribution in [2.75, 3.05) is 0 Å². The Bertz CT molecular complexity index is 2160. The molecule has 0 spiro atoms. The first-order valence-electron chi connectivity index (χ1n) is 18.1. The molecule has 1 heterocycles. The number of nitro groups is 2. The van der Waals surface area contributed by atoms with Crippen molar-refractivity contribution in [3.63, 3.8) is 0 Å². The van der Waals surface area contributed by atoms with Crippen LogP contribution in [0.5, 0.6) is 5.75 Å². The molecule has 0 aliphatic carbocycles. The zero-order chi connectivity index (χ0) is 40.9. The first kappa shape index (κ1) is 41.2. The van der Waals surface area contributed by atoms with Gasteiger partial charge in [0, 0.05) is 25.1 Å². The second-order valence-corrected chi connectivity index (χ2v) is 13.7. The molecule has 0 fully saturated rings. The number of carbonyl (C=O) groups excluding carboxylic acids is 3. The highest BCUT2D eigenvalue weighted by Crippen LogP contribution is 2.28. The number of non-ortho nitro benzene ring substituents is 1. The summed E-state index contributed by atoms with van der Waals surface area (Å²) in [7, 11) is 0. The minimum absolute atomic E-state index is 0.00732. The number of ether oxygens (including phenoxy) is 2. The summed E-state index contributed by atoms with van der Waals surface area (Å²) >= 11 is 0. The lowest BCUT2D eigenvalue weighted by atomic mass is 10.0. The van der Waals surface area contributed by atoms with E-state index in [2.05, 4.69) is 15.6 Å². The number of nitrogens with one attached hydrogen (secondary N) is 2. The Morgan fingerprint density at radius 2 is 1.40 bits per heavy atom. The molecule has 0 saturated heterocycles. The number of aromatic nitrogens is 2. The van der Waals surface area contributed by atoms with Crippen molar-refractivity contribution in [3.8, 4) is 11.4 Å². The maximum Gasteiger partial charge on any atom is 0.329 e. The summed E-state index contributed by atoms with van der Waals surface area (Å²) in [5, 5.41) is 28.3. The Labute approximate surface area is 328 Å². The number of hydrogen-bond acceptors (Lipinski definition) is 11. The maximum atomic E-state index is 13.9. The molecular weight excluding hydrogens is 734 g/mol. The number of esters is 1. The highest BCUT2D eigenvalue weighted by Gasteiger charge is 2.30. The molecule has 0 radical (unpaired) electrons. The average molecular weight is 778 g/mol. The Hall–Kier alpha value is -6.94. The largest absolute Gasteiger partial charge is 0.489 e. The molecule has 57 heavy (non-hydrogen) atoms. The zero-order valence-electron chi connectivity index (χ0n) is 31.4. The first-order valence-corrected chi connectivity index (χ1v) is 18.1. The summed E-state index contributed by atoms with van der Waals surface area (Å²) in [6.07, 6.45) is 2.91. The molecule has 16 heteroatoms. The minimum atomic E-state index is -1.18. The van der Waals surface area contributed by atoms with Gasteiger partial charge in [0.25, 0.3) is 11.4 Å². The fourth-order valence-electron chi connectivity index (χ4n) is 5.88. The second kappa shape index (κ2) is 19.6. The van der Waals surface area contributed by atoms with Crippen LogP contribution in [0.2, 0.25) is 0 Å². The van der Waals surface area contributed by atoms with Crippen LogP contribution in [0.25, 0.3) is 5.69 Å². The van der Waals surface area contributed by atoms with Crippen molar-refractivity contribution in [1.82, 2.24) is 20.2 Å². The predicted molar refractivity (Wildman–Crippen MR) is 209 cm³/mol. The van der Waals surface area contributed by atoms with Crippen molar-refractivity contribution in [2.24, 2.45) is 11.7 Å². The third-order valence-corrected chi connectivity index (χ3v) is 8.82. The Balaban J connectivity index is 1.26. The van der Waals surface area contributed by atoms with Crippen molar-refractivity contribution in [2.45, 2.75) is 64.4 Å². The van der Waals surface area contributed by atoms with Gasteiger partial charge in [-0.3, -0.25) is 34.4 Å². The van der Waals surface area contributed by atoms with Gasteiger partial charge in [0.2, 0.25) is 11.8 Å². The molecule has 296 valence electrons. The number of imidazole rings is 1. The van der Waals surface area contributed by atoms with Crippen LogP contribution in [-0.2, 0) is 45.2 Å². The number of nitro benzene ring substituents is 2. The van der Waals surface area contributed by atoms with Crippen LogP contribution in [0.3, 0.4) is 0 Å². The Morgan fingerprint density at radius 3 is 2.02 bits per heavy atom. The van der Waals surface area contributed by atoms with E-state index >= 15 is 0 Å². The fourth-order valence-corrected chi connectivity index (χ4v) is 5.88. The Morgan fingerprint density at radius 1 is 0.772 bits per heavy atom. The monoisotopic (exact) mass is 777 g/mol. The highest BCUT2D eigenvalue weighted by molar-refractivity contribution is 5.92. The number of benzene rings is 4. The third kappa shape index (κ3) is 12.0. The standard InChI is InChI=1S/C41H43N7O9/c1-27(2)19-35(44-39(49)34(42)21-31-23-46(26-43-31)37-18-15-32(47(52)53)22-38(37)48(54)55)40(50)45-36(41(51)57-25-30-11-7-4-8-12-30)20-28-13-16-33(17-14-28)56-24-29-9-5-3-6-10-29/h3-18,22-23,26-27,34-36H,19-21,24-25,42H2,1-2H3,(H,44,49)(H,45,50)/t34-,35-,36-/m0/s1. The van der Waals surface area contributed by atoms with Gasteiger partial charge in [-0.25, -0.2) is 9.78 Å². The van der Waals surface area contributed by atoms with Gasteiger partial charge in [-0.15, -0.1) is 0 Å². The molecule has 2 amide bonds. The molecule has 5 rings (SSSR count). The number of hydrogen-bond donors (Lipinski definition) is 3. The van der Waals surface area contributed by atoms with Crippen LogP contribution in [0.4, 0.5) is 11.4 Å². The molecule has 0 unspecified atom stereocenters. The van der Waals surface area contributed by atoms with Gasteiger partial charge in [0.15, 0.2) is 0 Å². The summed E-state index contributed by atoms with van der Waals surface area (Å²) in [4.78, 5) is 66.3. The van der Waals surface area contributed by atoms with E-state index < -0.39 is 57.1 Å². The summed E-state index contributed by atoms with van der Waals surface area (Å²) in [5.74, 6) is -1.35. The molecule has 1 aromatic heterocycles. The maximum absolute atomic E-state index is 13.9. The normalized spacial score (nSPS) is 12.6. The van der Waals surface area contributed by atoms with E-state index in [-0.39, 0.29) is 37.5 Å². The van der Waals surface area contributed by atoms with Gasteiger partial charge in [0.05, 0.1) is 34.0 Å². The molecule has 0 aliphatic heterocycles. The molecule has 4 aromatic carbocycles. The number of amides is 2. The quantitative estimate of drug-likeness (QED) is 0.0566.